The minimum absolute atomic E-state index is 0.122. The lowest BCUT2D eigenvalue weighted by Gasteiger charge is -2.06. The average molecular weight is 168 g/mol. The lowest BCUT2D eigenvalue weighted by Crippen LogP contribution is -2.24. The van der Waals surface area contributed by atoms with Crippen molar-refractivity contribution in [3.63, 3.8) is 0 Å². The minimum Gasteiger partial charge on any atom is -0.392 e. The molecule has 12 heavy (non-hydrogen) atoms. The minimum atomic E-state index is -0.521. The Kier molecular flexibility index (Phi) is 2.60. The van der Waals surface area contributed by atoms with Gasteiger partial charge >= 0.3 is 0 Å². The zero-order valence-corrected chi connectivity index (χ0v) is 7.19. The van der Waals surface area contributed by atoms with Gasteiger partial charge < -0.3 is 5.11 Å². The first-order valence-corrected chi connectivity index (χ1v) is 3.81. The van der Waals surface area contributed by atoms with Crippen LogP contribution in [0.3, 0.4) is 0 Å². The van der Waals surface area contributed by atoms with Crippen LogP contribution < -0.4 is 5.56 Å². The summed E-state index contributed by atoms with van der Waals surface area (Å²) in [5.41, 5.74) is 0.574. The summed E-state index contributed by atoms with van der Waals surface area (Å²) < 4.78 is 1.39. The summed E-state index contributed by atoms with van der Waals surface area (Å²) in [6.07, 6.45) is 0.928. The number of aliphatic hydroxyl groups excluding tert-OH is 1. The molecular formula is C8H12N2O2. The molecule has 1 heterocycles. The van der Waals surface area contributed by atoms with Gasteiger partial charge in [0, 0.05) is 11.8 Å². The number of nitrogens with zero attached hydrogens (tertiary/aromatic N) is 2. The molecule has 66 valence electrons. The van der Waals surface area contributed by atoms with Crippen molar-refractivity contribution in [2.75, 3.05) is 0 Å². The molecule has 0 saturated heterocycles. The molecule has 0 aromatic carbocycles. The number of rotatable bonds is 2. The monoisotopic (exact) mass is 168 g/mol. The van der Waals surface area contributed by atoms with Gasteiger partial charge in [-0.25, -0.2) is 4.98 Å². The van der Waals surface area contributed by atoms with Crippen molar-refractivity contribution < 1.29 is 5.11 Å². The Labute approximate surface area is 70.5 Å². The van der Waals surface area contributed by atoms with Crippen LogP contribution in [0.15, 0.2) is 17.2 Å². The van der Waals surface area contributed by atoms with Crippen molar-refractivity contribution in [2.45, 2.75) is 26.5 Å². The van der Waals surface area contributed by atoms with Crippen LogP contribution in [-0.4, -0.2) is 20.8 Å². The van der Waals surface area contributed by atoms with Crippen LogP contribution in [0.5, 0.6) is 0 Å². The second-order valence-electron chi connectivity index (χ2n) is 2.87. The average Bonchev–Trinajstić information content (AvgIpc) is 1.94. The fourth-order valence-corrected chi connectivity index (χ4v) is 0.938. The molecule has 1 N–H and O–H groups in total. The van der Waals surface area contributed by atoms with E-state index in [0.717, 1.165) is 0 Å². The molecule has 4 nitrogen and oxygen atoms in total. The van der Waals surface area contributed by atoms with E-state index in [2.05, 4.69) is 4.98 Å². The molecule has 0 fully saturated rings. The molecule has 1 aromatic heterocycles. The lowest BCUT2D eigenvalue weighted by molar-refractivity contribution is 0.171. The fraction of sp³-hybridized carbons (Fsp3) is 0.500. The van der Waals surface area contributed by atoms with E-state index in [1.165, 1.54) is 17.0 Å². The Morgan fingerprint density at radius 1 is 1.75 bits per heavy atom. The second-order valence-corrected chi connectivity index (χ2v) is 2.87. The fourth-order valence-electron chi connectivity index (χ4n) is 0.938. The SMILES string of the molecule is Cc1cc(=O)n(C[C@H](C)O)cn1. The normalized spacial score (nSPS) is 12.9. The van der Waals surface area contributed by atoms with Crippen molar-refractivity contribution in [3.8, 4) is 0 Å². The van der Waals surface area contributed by atoms with E-state index >= 15 is 0 Å². The van der Waals surface area contributed by atoms with Gasteiger partial charge in [-0.1, -0.05) is 0 Å². The molecule has 0 bridgehead atoms. The van der Waals surface area contributed by atoms with E-state index < -0.39 is 6.10 Å². The van der Waals surface area contributed by atoms with Gasteiger partial charge in [0.2, 0.25) is 0 Å². The van der Waals surface area contributed by atoms with E-state index in [0.29, 0.717) is 12.2 Å². The zero-order valence-electron chi connectivity index (χ0n) is 7.19. The van der Waals surface area contributed by atoms with Gasteiger partial charge in [-0.05, 0) is 13.8 Å². The summed E-state index contributed by atoms with van der Waals surface area (Å²) in [6.45, 7) is 3.69. The number of aliphatic hydroxyl groups is 1. The van der Waals surface area contributed by atoms with Crippen LogP contribution in [-0.2, 0) is 6.54 Å². The zero-order chi connectivity index (χ0) is 9.14. The van der Waals surface area contributed by atoms with Gasteiger partial charge in [0.05, 0.1) is 19.0 Å². The van der Waals surface area contributed by atoms with Gasteiger partial charge in [0.15, 0.2) is 0 Å². The first-order valence-electron chi connectivity index (χ1n) is 3.81. The maximum atomic E-state index is 11.2. The third-order valence-corrected chi connectivity index (χ3v) is 1.48. The molecule has 0 amide bonds. The van der Waals surface area contributed by atoms with E-state index in [9.17, 15) is 4.79 Å². The van der Waals surface area contributed by atoms with Crippen molar-refractivity contribution in [1.29, 1.82) is 0 Å². The van der Waals surface area contributed by atoms with Crippen molar-refractivity contribution in [2.24, 2.45) is 0 Å². The maximum absolute atomic E-state index is 11.2. The number of aromatic nitrogens is 2. The Bertz CT molecular complexity index is 317. The molecule has 0 unspecified atom stereocenters. The highest BCUT2D eigenvalue weighted by atomic mass is 16.3. The highest BCUT2D eigenvalue weighted by molar-refractivity contribution is 4.95. The Balaban J connectivity index is 2.94. The summed E-state index contributed by atoms with van der Waals surface area (Å²) in [4.78, 5) is 15.1. The quantitative estimate of drug-likeness (QED) is 0.672. The van der Waals surface area contributed by atoms with E-state index in [4.69, 9.17) is 5.11 Å². The van der Waals surface area contributed by atoms with Crippen LogP contribution in [0, 0.1) is 6.92 Å². The Hall–Kier alpha value is -1.16. The number of hydrogen-bond donors (Lipinski definition) is 1. The lowest BCUT2D eigenvalue weighted by atomic mass is 10.4. The molecule has 0 radical (unpaired) electrons. The first-order chi connectivity index (χ1) is 5.59. The molecule has 0 aliphatic rings. The summed E-state index contributed by atoms with van der Waals surface area (Å²) in [5, 5.41) is 9.01. The number of hydrogen-bond acceptors (Lipinski definition) is 3. The van der Waals surface area contributed by atoms with Gasteiger partial charge in [-0.15, -0.1) is 0 Å². The predicted molar refractivity (Wildman–Crippen MR) is 44.9 cm³/mol. The van der Waals surface area contributed by atoms with Crippen LogP contribution >= 0.6 is 0 Å². The van der Waals surface area contributed by atoms with Gasteiger partial charge in [0.25, 0.3) is 5.56 Å². The molecule has 1 aromatic rings. The summed E-state index contributed by atoms with van der Waals surface area (Å²) >= 11 is 0. The molecule has 4 heteroatoms. The van der Waals surface area contributed by atoms with Gasteiger partial charge in [-0.2, -0.15) is 0 Å². The highest BCUT2D eigenvalue weighted by Gasteiger charge is 1.99. The first kappa shape index (κ1) is 8.93. The van der Waals surface area contributed by atoms with E-state index in [1.807, 2.05) is 0 Å². The highest BCUT2D eigenvalue weighted by Crippen LogP contribution is 1.88. The van der Waals surface area contributed by atoms with E-state index in [1.54, 1.807) is 13.8 Å². The third-order valence-electron chi connectivity index (χ3n) is 1.48. The molecule has 0 saturated carbocycles. The molecular weight excluding hydrogens is 156 g/mol. The predicted octanol–water partition coefficient (Wildman–Crippen LogP) is -0.0675. The molecule has 0 aliphatic carbocycles. The van der Waals surface area contributed by atoms with E-state index in [-0.39, 0.29) is 5.56 Å². The van der Waals surface area contributed by atoms with Crippen LogP contribution in [0.25, 0.3) is 0 Å². The summed E-state index contributed by atoms with van der Waals surface area (Å²) in [7, 11) is 0. The van der Waals surface area contributed by atoms with Crippen LogP contribution in [0.1, 0.15) is 12.6 Å². The molecule has 0 spiro atoms. The summed E-state index contributed by atoms with van der Waals surface area (Å²) in [5.74, 6) is 0. The molecule has 1 rings (SSSR count). The van der Waals surface area contributed by atoms with Gasteiger partial charge in [0.1, 0.15) is 0 Å². The van der Waals surface area contributed by atoms with Crippen molar-refractivity contribution >= 4 is 0 Å². The second kappa shape index (κ2) is 3.49. The third kappa shape index (κ3) is 2.17. The smallest absolute Gasteiger partial charge is 0.253 e. The topological polar surface area (TPSA) is 55.1 Å². The van der Waals surface area contributed by atoms with Crippen LogP contribution in [0.2, 0.25) is 0 Å². The summed E-state index contributed by atoms with van der Waals surface area (Å²) in [6, 6.07) is 1.45. The van der Waals surface area contributed by atoms with Crippen molar-refractivity contribution in [3.05, 3.63) is 28.4 Å². The Morgan fingerprint density at radius 3 is 2.92 bits per heavy atom. The van der Waals surface area contributed by atoms with Crippen molar-refractivity contribution in [1.82, 2.24) is 9.55 Å². The van der Waals surface area contributed by atoms with Gasteiger partial charge in [-0.3, -0.25) is 9.36 Å². The number of aryl methyl sites for hydroxylation is 1. The largest absolute Gasteiger partial charge is 0.392 e. The molecule has 0 aliphatic heterocycles. The van der Waals surface area contributed by atoms with Crippen LogP contribution in [0.4, 0.5) is 0 Å². The standard InChI is InChI=1S/C8H12N2O2/c1-6-3-8(12)10(5-9-6)4-7(2)11/h3,5,7,11H,4H2,1-2H3/t7-/m0/s1. The molecule has 1 atom stereocenters. The maximum Gasteiger partial charge on any atom is 0.253 e. The Morgan fingerprint density at radius 2 is 2.42 bits per heavy atom.